The van der Waals surface area contributed by atoms with Crippen molar-refractivity contribution in [3.63, 3.8) is 0 Å². The second-order valence-electron chi connectivity index (χ2n) is 5.19. The van der Waals surface area contributed by atoms with E-state index in [2.05, 4.69) is 35.1 Å². The maximum atomic E-state index is 12.3. The average Bonchev–Trinajstić information content (AvgIpc) is 2.28. The lowest BCUT2D eigenvalue weighted by molar-refractivity contribution is 0.0882. The second kappa shape index (κ2) is 5.85. The zero-order valence-corrected chi connectivity index (χ0v) is 13.0. The molecule has 0 aliphatic rings. The quantitative estimate of drug-likeness (QED) is 0.898. The molecule has 100 valence electrons. The first-order valence-corrected chi connectivity index (χ1v) is 6.88. The maximum absolute atomic E-state index is 12.3. The van der Waals surface area contributed by atoms with Gasteiger partial charge in [0.15, 0.2) is 0 Å². The van der Waals surface area contributed by atoms with Crippen LogP contribution in [0.1, 0.15) is 36.7 Å². The highest BCUT2D eigenvalue weighted by Crippen LogP contribution is 2.19. The Morgan fingerprint density at radius 2 is 2.11 bits per heavy atom. The number of carbonyl (C=O) groups is 1. The van der Waals surface area contributed by atoms with E-state index in [1.165, 1.54) is 0 Å². The molecule has 3 N–H and O–H groups in total. The molecular weight excluding hydrogens is 292 g/mol. The van der Waals surface area contributed by atoms with Gasteiger partial charge in [-0.15, -0.1) is 0 Å². The number of halogens is 1. The predicted molar refractivity (Wildman–Crippen MR) is 78.6 cm³/mol. The highest BCUT2D eigenvalue weighted by molar-refractivity contribution is 9.10. The van der Waals surface area contributed by atoms with Crippen molar-refractivity contribution in [2.45, 2.75) is 33.2 Å². The smallest absolute Gasteiger partial charge is 0.252 e. The highest BCUT2D eigenvalue weighted by atomic mass is 79.9. The lowest BCUT2D eigenvalue weighted by Gasteiger charge is -2.33. The Morgan fingerprint density at radius 3 is 2.56 bits per heavy atom. The summed E-state index contributed by atoms with van der Waals surface area (Å²) in [5, 5.41) is 3.04. The van der Waals surface area contributed by atoms with Gasteiger partial charge in [-0.2, -0.15) is 0 Å². The normalized spacial score (nSPS) is 14.4. The van der Waals surface area contributed by atoms with Crippen LogP contribution in [0.25, 0.3) is 0 Å². The first kappa shape index (κ1) is 15.2. The van der Waals surface area contributed by atoms with Crippen molar-refractivity contribution in [1.82, 2.24) is 5.32 Å². The maximum Gasteiger partial charge on any atom is 0.252 e. The Bertz CT molecular complexity index is 445. The summed E-state index contributed by atoms with van der Waals surface area (Å²) in [6.07, 6.45) is 0. The van der Waals surface area contributed by atoms with E-state index >= 15 is 0 Å². The van der Waals surface area contributed by atoms with Crippen molar-refractivity contribution in [3.8, 4) is 0 Å². The first-order chi connectivity index (χ1) is 8.30. The van der Waals surface area contributed by atoms with Gasteiger partial charge in [-0.05, 0) is 43.5 Å². The Morgan fingerprint density at radius 1 is 1.50 bits per heavy atom. The third kappa shape index (κ3) is 3.33. The lowest BCUT2D eigenvalue weighted by atomic mass is 9.88. The molecule has 1 amide bonds. The summed E-state index contributed by atoms with van der Waals surface area (Å²) in [6, 6.07) is 5.63. The summed E-state index contributed by atoms with van der Waals surface area (Å²) in [5.41, 5.74) is 7.04. The van der Waals surface area contributed by atoms with Gasteiger partial charge in [0, 0.05) is 16.6 Å². The molecule has 0 fully saturated rings. The van der Waals surface area contributed by atoms with Crippen LogP contribution in [0.2, 0.25) is 0 Å². The monoisotopic (exact) mass is 312 g/mol. The van der Waals surface area contributed by atoms with E-state index in [1.807, 2.05) is 32.0 Å². The molecule has 3 nitrogen and oxygen atoms in total. The van der Waals surface area contributed by atoms with Crippen molar-refractivity contribution < 1.29 is 4.79 Å². The molecule has 0 aromatic heterocycles. The van der Waals surface area contributed by atoms with Gasteiger partial charge in [-0.1, -0.05) is 29.8 Å². The molecule has 4 heteroatoms. The van der Waals surface area contributed by atoms with Crippen LogP contribution in [-0.4, -0.2) is 18.0 Å². The molecule has 1 aromatic rings. The van der Waals surface area contributed by atoms with E-state index in [1.54, 1.807) is 0 Å². The zero-order chi connectivity index (χ0) is 13.9. The number of hydrogen-bond acceptors (Lipinski definition) is 2. The molecule has 1 rings (SSSR count). The number of rotatable bonds is 4. The Kier molecular flexibility index (Phi) is 4.93. The summed E-state index contributed by atoms with van der Waals surface area (Å²) in [7, 11) is 0. The van der Waals surface area contributed by atoms with Crippen LogP contribution in [0, 0.1) is 12.8 Å². The topological polar surface area (TPSA) is 55.1 Å². The van der Waals surface area contributed by atoms with Crippen LogP contribution in [0.5, 0.6) is 0 Å². The van der Waals surface area contributed by atoms with Crippen molar-refractivity contribution in [3.05, 3.63) is 33.8 Å². The number of nitrogens with two attached hydrogens (primary N) is 1. The van der Waals surface area contributed by atoms with E-state index in [9.17, 15) is 4.79 Å². The number of benzene rings is 1. The van der Waals surface area contributed by atoms with Gasteiger partial charge in [0.05, 0.1) is 5.54 Å². The number of hydrogen-bond donors (Lipinski definition) is 2. The standard InChI is InChI=1S/C14H21BrN2O/c1-9(2)14(4,8-16)17-13(18)12-6-5-11(15)7-10(12)3/h5-7,9H,8,16H2,1-4H3,(H,17,18). The van der Waals surface area contributed by atoms with Crippen molar-refractivity contribution in [2.24, 2.45) is 11.7 Å². The number of aryl methyl sites for hydroxylation is 1. The second-order valence-corrected chi connectivity index (χ2v) is 6.11. The fourth-order valence-corrected chi connectivity index (χ4v) is 2.12. The van der Waals surface area contributed by atoms with Crippen molar-refractivity contribution in [2.75, 3.05) is 6.54 Å². The third-order valence-corrected chi connectivity index (χ3v) is 4.02. The Balaban J connectivity index is 2.95. The van der Waals surface area contributed by atoms with E-state index in [-0.39, 0.29) is 17.4 Å². The summed E-state index contributed by atoms with van der Waals surface area (Å²) in [5.74, 6) is 0.212. The molecule has 0 radical (unpaired) electrons. The fraction of sp³-hybridized carbons (Fsp3) is 0.500. The van der Waals surface area contributed by atoms with Gasteiger partial charge >= 0.3 is 0 Å². The summed E-state index contributed by atoms with van der Waals surface area (Å²) >= 11 is 3.39. The summed E-state index contributed by atoms with van der Waals surface area (Å²) in [6.45, 7) is 8.44. The SMILES string of the molecule is Cc1cc(Br)ccc1C(=O)NC(C)(CN)C(C)C. The van der Waals surface area contributed by atoms with Crippen LogP contribution in [0.4, 0.5) is 0 Å². The average molecular weight is 313 g/mol. The highest BCUT2D eigenvalue weighted by Gasteiger charge is 2.29. The minimum atomic E-state index is -0.378. The number of carbonyl (C=O) groups excluding carboxylic acids is 1. The van der Waals surface area contributed by atoms with Crippen LogP contribution in [0.3, 0.4) is 0 Å². The van der Waals surface area contributed by atoms with E-state index < -0.39 is 0 Å². The molecule has 0 saturated carbocycles. The van der Waals surface area contributed by atoms with Gasteiger partial charge in [0.1, 0.15) is 0 Å². The van der Waals surface area contributed by atoms with Crippen LogP contribution in [0.15, 0.2) is 22.7 Å². The number of amides is 1. The molecule has 1 aromatic carbocycles. The first-order valence-electron chi connectivity index (χ1n) is 6.09. The largest absolute Gasteiger partial charge is 0.345 e. The molecule has 18 heavy (non-hydrogen) atoms. The van der Waals surface area contributed by atoms with Crippen LogP contribution < -0.4 is 11.1 Å². The van der Waals surface area contributed by atoms with E-state index in [0.29, 0.717) is 12.1 Å². The van der Waals surface area contributed by atoms with E-state index in [4.69, 9.17) is 5.73 Å². The van der Waals surface area contributed by atoms with Gasteiger partial charge in [0.2, 0.25) is 0 Å². The summed E-state index contributed by atoms with van der Waals surface area (Å²) < 4.78 is 0.974. The minimum absolute atomic E-state index is 0.0679. The Hall–Kier alpha value is -0.870. The van der Waals surface area contributed by atoms with Crippen LogP contribution >= 0.6 is 15.9 Å². The molecule has 0 spiro atoms. The van der Waals surface area contributed by atoms with Gasteiger partial charge < -0.3 is 11.1 Å². The molecule has 0 bridgehead atoms. The zero-order valence-electron chi connectivity index (χ0n) is 11.4. The Labute approximate surface area is 117 Å². The van der Waals surface area contributed by atoms with E-state index in [0.717, 1.165) is 10.0 Å². The third-order valence-electron chi connectivity index (χ3n) is 3.53. The number of nitrogens with one attached hydrogen (secondary N) is 1. The molecule has 0 aliphatic heterocycles. The predicted octanol–water partition coefficient (Wildman–Crippen LogP) is 2.86. The minimum Gasteiger partial charge on any atom is -0.345 e. The molecule has 0 aliphatic carbocycles. The van der Waals surface area contributed by atoms with Crippen molar-refractivity contribution >= 4 is 21.8 Å². The molecule has 1 atom stereocenters. The van der Waals surface area contributed by atoms with Gasteiger partial charge in [0.25, 0.3) is 5.91 Å². The molecule has 0 heterocycles. The molecular formula is C14H21BrN2O. The fourth-order valence-electron chi connectivity index (χ4n) is 1.64. The summed E-state index contributed by atoms with van der Waals surface area (Å²) in [4.78, 5) is 12.3. The van der Waals surface area contributed by atoms with Crippen molar-refractivity contribution in [1.29, 1.82) is 0 Å². The van der Waals surface area contributed by atoms with Gasteiger partial charge in [-0.25, -0.2) is 0 Å². The van der Waals surface area contributed by atoms with Crippen LogP contribution in [-0.2, 0) is 0 Å². The van der Waals surface area contributed by atoms with Gasteiger partial charge in [-0.3, -0.25) is 4.79 Å². The lowest BCUT2D eigenvalue weighted by Crippen LogP contribution is -2.55. The molecule has 1 unspecified atom stereocenters. The molecule has 0 saturated heterocycles.